The SMILES string of the molecule is COC(CNC(=O)NCC(F)(F)F)C(=O)O. The first-order valence-electron chi connectivity index (χ1n) is 4.10. The summed E-state index contributed by atoms with van der Waals surface area (Å²) in [7, 11) is 1.11. The third-order valence-corrected chi connectivity index (χ3v) is 1.46. The molecule has 2 amide bonds. The van der Waals surface area contributed by atoms with Gasteiger partial charge < -0.3 is 20.5 Å². The summed E-state index contributed by atoms with van der Waals surface area (Å²) in [6, 6.07) is -1.11. The van der Waals surface area contributed by atoms with Crippen LogP contribution in [0, 0.1) is 0 Å². The van der Waals surface area contributed by atoms with Crippen molar-refractivity contribution in [3.63, 3.8) is 0 Å². The van der Waals surface area contributed by atoms with E-state index in [0.29, 0.717) is 0 Å². The number of aliphatic carboxylic acids is 1. The molecule has 0 saturated heterocycles. The van der Waals surface area contributed by atoms with E-state index in [2.05, 4.69) is 4.74 Å². The summed E-state index contributed by atoms with van der Waals surface area (Å²) in [4.78, 5) is 21.1. The first kappa shape index (κ1) is 14.5. The van der Waals surface area contributed by atoms with E-state index in [-0.39, 0.29) is 0 Å². The van der Waals surface area contributed by atoms with Gasteiger partial charge in [-0.15, -0.1) is 0 Å². The predicted octanol–water partition coefficient (Wildman–Crippen LogP) is -0.0525. The molecule has 16 heavy (non-hydrogen) atoms. The fraction of sp³-hybridized carbons (Fsp3) is 0.714. The molecule has 0 fully saturated rings. The summed E-state index contributed by atoms with van der Waals surface area (Å²) in [5, 5.41) is 11.9. The van der Waals surface area contributed by atoms with Gasteiger partial charge in [0.25, 0.3) is 0 Å². The van der Waals surface area contributed by atoms with Gasteiger partial charge in [0.2, 0.25) is 0 Å². The number of ether oxygens (including phenoxy) is 1. The number of halogens is 3. The molecule has 0 aliphatic rings. The van der Waals surface area contributed by atoms with Crippen LogP contribution in [0.5, 0.6) is 0 Å². The lowest BCUT2D eigenvalue weighted by Gasteiger charge is -2.13. The van der Waals surface area contributed by atoms with Gasteiger partial charge in [0.05, 0.1) is 6.54 Å². The van der Waals surface area contributed by atoms with Gasteiger partial charge in [-0.1, -0.05) is 0 Å². The van der Waals surface area contributed by atoms with Crippen molar-refractivity contribution in [3.05, 3.63) is 0 Å². The highest BCUT2D eigenvalue weighted by Crippen LogP contribution is 2.11. The fourth-order valence-corrected chi connectivity index (χ4v) is 0.700. The third-order valence-electron chi connectivity index (χ3n) is 1.46. The summed E-state index contributed by atoms with van der Waals surface area (Å²) < 4.78 is 39.4. The Kier molecular flexibility index (Phi) is 5.57. The second-order valence-electron chi connectivity index (χ2n) is 2.74. The average Bonchev–Trinajstić information content (AvgIpc) is 2.14. The summed E-state index contributed by atoms with van der Waals surface area (Å²) in [6.45, 7) is -1.90. The Labute approximate surface area is 88.8 Å². The van der Waals surface area contributed by atoms with Crippen molar-refractivity contribution >= 4 is 12.0 Å². The number of alkyl halides is 3. The molecule has 0 aliphatic heterocycles. The lowest BCUT2D eigenvalue weighted by atomic mass is 10.3. The van der Waals surface area contributed by atoms with Gasteiger partial charge in [0, 0.05) is 7.11 Å². The molecule has 0 rings (SSSR count). The van der Waals surface area contributed by atoms with Crippen molar-refractivity contribution in [1.82, 2.24) is 10.6 Å². The van der Waals surface area contributed by atoms with E-state index in [4.69, 9.17) is 5.11 Å². The Morgan fingerprint density at radius 3 is 2.31 bits per heavy atom. The maximum Gasteiger partial charge on any atom is 0.405 e. The number of nitrogens with one attached hydrogen (secondary N) is 2. The number of carbonyl (C=O) groups excluding carboxylic acids is 1. The first-order valence-corrected chi connectivity index (χ1v) is 4.10. The van der Waals surface area contributed by atoms with E-state index in [1.165, 1.54) is 5.32 Å². The quantitative estimate of drug-likeness (QED) is 0.632. The standard InChI is InChI=1S/C7H11F3N2O4/c1-16-4(5(13)14)2-11-6(15)12-3-7(8,9)10/h4H,2-3H2,1H3,(H,13,14)(H2,11,12,15). The van der Waals surface area contributed by atoms with E-state index < -0.39 is 37.4 Å². The highest BCUT2D eigenvalue weighted by Gasteiger charge is 2.27. The zero-order chi connectivity index (χ0) is 12.8. The Bertz CT molecular complexity index is 257. The smallest absolute Gasteiger partial charge is 0.405 e. The van der Waals surface area contributed by atoms with Gasteiger partial charge in [-0.25, -0.2) is 9.59 Å². The number of carboxylic acids is 1. The van der Waals surface area contributed by atoms with E-state index in [1.54, 1.807) is 0 Å². The van der Waals surface area contributed by atoms with Crippen molar-refractivity contribution in [3.8, 4) is 0 Å². The van der Waals surface area contributed by atoms with Crippen LogP contribution >= 0.6 is 0 Å². The molecule has 0 bridgehead atoms. The number of hydrogen-bond acceptors (Lipinski definition) is 3. The van der Waals surface area contributed by atoms with E-state index in [1.807, 2.05) is 5.32 Å². The van der Waals surface area contributed by atoms with Gasteiger partial charge in [0.15, 0.2) is 6.10 Å². The van der Waals surface area contributed by atoms with Crippen molar-refractivity contribution < 1.29 is 32.6 Å². The lowest BCUT2D eigenvalue weighted by molar-refractivity contribution is -0.148. The van der Waals surface area contributed by atoms with Crippen LogP contribution in [0.4, 0.5) is 18.0 Å². The Morgan fingerprint density at radius 2 is 1.94 bits per heavy atom. The first-order chi connectivity index (χ1) is 7.26. The van der Waals surface area contributed by atoms with Crippen molar-refractivity contribution in [2.45, 2.75) is 12.3 Å². The van der Waals surface area contributed by atoms with Crippen LogP contribution in [0.25, 0.3) is 0 Å². The lowest BCUT2D eigenvalue weighted by Crippen LogP contribution is -2.45. The summed E-state index contributed by atoms with van der Waals surface area (Å²) in [5.41, 5.74) is 0. The highest BCUT2D eigenvalue weighted by molar-refractivity contribution is 5.76. The van der Waals surface area contributed by atoms with E-state index >= 15 is 0 Å². The zero-order valence-electron chi connectivity index (χ0n) is 8.30. The molecule has 0 heterocycles. The van der Waals surface area contributed by atoms with Crippen molar-refractivity contribution in [1.29, 1.82) is 0 Å². The highest BCUT2D eigenvalue weighted by atomic mass is 19.4. The molecule has 1 unspecified atom stereocenters. The summed E-state index contributed by atoms with van der Waals surface area (Å²) in [5.74, 6) is -1.32. The van der Waals surface area contributed by atoms with Gasteiger partial charge in [-0.05, 0) is 0 Å². The largest absolute Gasteiger partial charge is 0.479 e. The Morgan fingerprint density at radius 1 is 1.38 bits per heavy atom. The van der Waals surface area contributed by atoms with Crippen molar-refractivity contribution in [2.24, 2.45) is 0 Å². The number of carbonyl (C=O) groups is 2. The average molecular weight is 244 g/mol. The number of rotatable bonds is 5. The number of carboxylic acid groups (broad SMARTS) is 1. The monoisotopic (exact) mass is 244 g/mol. The molecule has 0 spiro atoms. The fourth-order valence-electron chi connectivity index (χ4n) is 0.700. The molecule has 0 aromatic carbocycles. The van der Waals surface area contributed by atoms with Gasteiger partial charge >= 0.3 is 18.2 Å². The molecule has 3 N–H and O–H groups in total. The summed E-state index contributed by atoms with van der Waals surface area (Å²) >= 11 is 0. The number of methoxy groups -OCH3 is 1. The molecule has 1 atom stereocenters. The Hall–Kier alpha value is -1.51. The van der Waals surface area contributed by atoms with Crippen LogP contribution in [-0.2, 0) is 9.53 Å². The molecular weight excluding hydrogens is 233 g/mol. The predicted molar refractivity (Wildman–Crippen MR) is 45.9 cm³/mol. The van der Waals surface area contributed by atoms with Gasteiger partial charge in [0.1, 0.15) is 6.54 Å². The minimum atomic E-state index is -4.51. The minimum Gasteiger partial charge on any atom is -0.479 e. The Balaban J connectivity index is 3.85. The molecule has 6 nitrogen and oxygen atoms in total. The number of urea groups is 1. The molecule has 0 aromatic heterocycles. The number of hydrogen-bond donors (Lipinski definition) is 3. The third kappa shape index (κ3) is 6.87. The minimum absolute atomic E-state index is 0.421. The normalized spacial score (nSPS) is 13.0. The second-order valence-corrected chi connectivity index (χ2v) is 2.74. The molecular formula is C7H11F3N2O4. The second kappa shape index (κ2) is 6.16. The molecule has 0 saturated carbocycles. The zero-order valence-corrected chi connectivity index (χ0v) is 8.30. The van der Waals surface area contributed by atoms with E-state index in [9.17, 15) is 22.8 Å². The van der Waals surface area contributed by atoms with Crippen LogP contribution in [0.2, 0.25) is 0 Å². The molecule has 94 valence electrons. The van der Waals surface area contributed by atoms with Gasteiger partial charge in [-0.3, -0.25) is 0 Å². The van der Waals surface area contributed by atoms with Crippen LogP contribution in [-0.4, -0.2) is 49.6 Å². The molecule has 0 aromatic rings. The van der Waals surface area contributed by atoms with E-state index in [0.717, 1.165) is 7.11 Å². The maximum absolute atomic E-state index is 11.6. The molecule has 0 aliphatic carbocycles. The van der Waals surface area contributed by atoms with Crippen molar-refractivity contribution in [2.75, 3.05) is 20.2 Å². The van der Waals surface area contributed by atoms with Crippen LogP contribution in [0.1, 0.15) is 0 Å². The topological polar surface area (TPSA) is 87.7 Å². The maximum atomic E-state index is 11.6. The molecule has 9 heteroatoms. The molecule has 0 radical (unpaired) electrons. The van der Waals surface area contributed by atoms with Crippen LogP contribution in [0.15, 0.2) is 0 Å². The van der Waals surface area contributed by atoms with Crippen LogP contribution in [0.3, 0.4) is 0 Å². The number of amides is 2. The van der Waals surface area contributed by atoms with Crippen LogP contribution < -0.4 is 10.6 Å². The summed E-state index contributed by atoms with van der Waals surface area (Å²) in [6.07, 6.45) is -5.80. The van der Waals surface area contributed by atoms with Gasteiger partial charge in [-0.2, -0.15) is 13.2 Å².